The van der Waals surface area contributed by atoms with Crippen LogP contribution in [-0.4, -0.2) is 6.10 Å². The van der Waals surface area contributed by atoms with Gasteiger partial charge in [-0.25, -0.2) is 0 Å². The third kappa shape index (κ3) is 3.16. The molecule has 1 nitrogen and oxygen atoms in total. The summed E-state index contributed by atoms with van der Waals surface area (Å²) in [6.45, 7) is 4.42. The summed E-state index contributed by atoms with van der Waals surface area (Å²) in [5, 5.41) is 0. The Morgan fingerprint density at radius 2 is 1.94 bits per heavy atom. The lowest BCUT2D eigenvalue weighted by molar-refractivity contribution is 0.134. The van der Waals surface area contributed by atoms with E-state index in [0.29, 0.717) is 12.0 Å². The molecule has 1 aromatic rings. The van der Waals surface area contributed by atoms with Gasteiger partial charge in [-0.1, -0.05) is 25.1 Å². The van der Waals surface area contributed by atoms with Crippen LogP contribution in [0.1, 0.15) is 43.7 Å². The van der Waals surface area contributed by atoms with Crippen molar-refractivity contribution < 1.29 is 4.74 Å². The molecule has 0 unspecified atom stereocenters. The molecular formula is C15H21ClO. The van der Waals surface area contributed by atoms with E-state index in [1.807, 2.05) is 6.07 Å². The average Bonchev–Trinajstić information content (AvgIpc) is 2.34. The number of aryl methyl sites for hydroxylation is 1. The maximum Gasteiger partial charge on any atom is 0.127 e. The zero-order chi connectivity index (χ0) is 12.3. The smallest absolute Gasteiger partial charge is 0.127 e. The van der Waals surface area contributed by atoms with E-state index in [9.17, 15) is 0 Å². The van der Waals surface area contributed by atoms with Crippen molar-refractivity contribution in [3.63, 3.8) is 0 Å². The Labute approximate surface area is 109 Å². The lowest BCUT2D eigenvalue weighted by atomic mass is 9.89. The van der Waals surface area contributed by atoms with Gasteiger partial charge in [0.15, 0.2) is 0 Å². The fourth-order valence-electron chi connectivity index (χ4n) is 2.50. The minimum atomic E-state index is 0.384. The molecule has 1 fully saturated rings. The topological polar surface area (TPSA) is 9.23 Å². The van der Waals surface area contributed by atoms with E-state index in [1.54, 1.807) is 0 Å². The van der Waals surface area contributed by atoms with Gasteiger partial charge in [0.1, 0.15) is 5.75 Å². The van der Waals surface area contributed by atoms with Crippen LogP contribution in [0.2, 0.25) is 0 Å². The summed E-state index contributed by atoms with van der Waals surface area (Å²) in [4.78, 5) is 0. The second-order valence-corrected chi connectivity index (χ2v) is 5.46. The van der Waals surface area contributed by atoms with E-state index >= 15 is 0 Å². The van der Waals surface area contributed by atoms with Crippen LogP contribution in [0, 0.1) is 12.8 Å². The number of benzene rings is 1. The Hall–Kier alpha value is -0.690. The number of hydrogen-bond acceptors (Lipinski definition) is 1. The summed E-state index contributed by atoms with van der Waals surface area (Å²) >= 11 is 5.96. The minimum absolute atomic E-state index is 0.384. The molecule has 0 heterocycles. The fourth-order valence-corrected chi connectivity index (χ4v) is 2.71. The largest absolute Gasteiger partial charge is 0.490 e. The molecule has 1 aliphatic carbocycles. The van der Waals surface area contributed by atoms with Crippen molar-refractivity contribution in [1.29, 1.82) is 0 Å². The standard InChI is InChI=1S/C15H21ClO/c1-11-6-8-14(9-7-11)17-15-12(2)4-3-5-13(15)10-16/h3-5,11,14H,6-10H2,1-2H3. The number of halogens is 1. The van der Waals surface area contributed by atoms with Gasteiger partial charge in [0.25, 0.3) is 0 Å². The highest BCUT2D eigenvalue weighted by Crippen LogP contribution is 2.31. The SMILES string of the molecule is Cc1cccc(CCl)c1OC1CCC(C)CC1. The third-order valence-electron chi connectivity index (χ3n) is 3.68. The van der Waals surface area contributed by atoms with Gasteiger partial charge in [0.05, 0.1) is 12.0 Å². The molecule has 0 aliphatic heterocycles. The molecule has 0 spiro atoms. The lowest BCUT2D eigenvalue weighted by Crippen LogP contribution is -2.23. The van der Waals surface area contributed by atoms with Crippen LogP contribution >= 0.6 is 11.6 Å². The molecule has 0 radical (unpaired) electrons. The van der Waals surface area contributed by atoms with Crippen LogP contribution in [-0.2, 0) is 5.88 Å². The molecule has 2 heteroatoms. The van der Waals surface area contributed by atoms with Crippen LogP contribution in [0.5, 0.6) is 5.75 Å². The highest BCUT2D eigenvalue weighted by atomic mass is 35.5. The second kappa shape index (κ2) is 5.77. The molecule has 94 valence electrons. The maximum atomic E-state index is 6.17. The van der Waals surface area contributed by atoms with Crippen molar-refractivity contribution in [2.45, 2.75) is 51.5 Å². The zero-order valence-electron chi connectivity index (χ0n) is 10.7. The Morgan fingerprint density at radius 1 is 1.24 bits per heavy atom. The quantitative estimate of drug-likeness (QED) is 0.709. The number of ether oxygens (including phenoxy) is 1. The summed E-state index contributed by atoms with van der Waals surface area (Å²) in [7, 11) is 0. The van der Waals surface area contributed by atoms with Gasteiger partial charge in [-0.15, -0.1) is 11.6 Å². The normalized spacial score (nSPS) is 24.6. The molecule has 0 N–H and O–H groups in total. The van der Waals surface area contributed by atoms with E-state index in [4.69, 9.17) is 16.3 Å². The average molecular weight is 253 g/mol. The van der Waals surface area contributed by atoms with Gasteiger partial charge in [-0.3, -0.25) is 0 Å². The molecule has 17 heavy (non-hydrogen) atoms. The molecule has 0 saturated heterocycles. The molecule has 1 aromatic carbocycles. The Kier molecular flexibility index (Phi) is 4.33. The molecular weight excluding hydrogens is 232 g/mol. The summed E-state index contributed by atoms with van der Waals surface area (Å²) in [5.74, 6) is 2.40. The molecule has 1 aliphatic rings. The van der Waals surface area contributed by atoms with Crippen molar-refractivity contribution in [3.05, 3.63) is 29.3 Å². The van der Waals surface area contributed by atoms with Gasteiger partial charge in [0, 0.05) is 5.56 Å². The van der Waals surface area contributed by atoms with Crippen LogP contribution in [0.25, 0.3) is 0 Å². The predicted molar refractivity (Wildman–Crippen MR) is 72.8 cm³/mol. The second-order valence-electron chi connectivity index (χ2n) is 5.20. The van der Waals surface area contributed by atoms with Crippen LogP contribution in [0.3, 0.4) is 0 Å². The number of para-hydroxylation sites is 1. The summed E-state index contributed by atoms with van der Waals surface area (Å²) in [5.41, 5.74) is 2.31. The first-order chi connectivity index (χ1) is 8.20. The van der Waals surface area contributed by atoms with E-state index in [1.165, 1.54) is 31.2 Å². The summed E-state index contributed by atoms with van der Waals surface area (Å²) in [6, 6.07) is 6.19. The first kappa shape index (κ1) is 12.8. The van der Waals surface area contributed by atoms with Crippen molar-refractivity contribution in [2.75, 3.05) is 0 Å². The van der Waals surface area contributed by atoms with E-state index in [0.717, 1.165) is 17.2 Å². The van der Waals surface area contributed by atoms with Gasteiger partial charge < -0.3 is 4.74 Å². The van der Waals surface area contributed by atoms with Gasteiger partial charge in [0.2, 0.25) is 0 Å². The highest BCUT2D eigenvalue weighted by molar-refractivity contribution is 6.17. The van der Waals surface area contributed by atoms with Crippen molar-refractivity contribution in [1.82, 2.24) is 0 Å². The van der Waals surface area contributed by atoms with E-state index < -0.39 is 0 Å². The lowest BCUT2D eigenvalue weighted by Gasteiger charge is -2.28. The van der Waals surface area contributed by atoms with Gasteiger partial charge >= 0.3 is 0 Å². The maximum absolute atomic E-state index is 6.17. The minimum Gasteiger partial charge on any atom is -0.490 e. The van der Waals surface area contributed by atoms with Gasteiger partial charge in [-0.2, -0.15) is 0 Å². The number of rotatable bonds is 3. The molecule has 1 saturated carbocycles. The molecule has 0 aromatic heterocycles. The Morgan fingerprint density at radius 3 is 2.59 bits per heavy atom. The van der Waals surface area contributed by atoms with Crippen molar-refractivity contribution in [2.24, 2.45) is 5.92 Å². The molecule has 0 atom stereocenters. The zero-order valence-corrected chi connectivity index (χ0v) is 11.5. The molecule has 0 amide bonds. The van der Waals surface area contributed by atoms with Crippen molar-refractivity contribution in [3.8, 4) is 5.75 Å². The molecule has 2 rings (SSSR count). The third-order valence-corrected chi connectivity index (χ3v) is 3.97. The Bertz CT molecular complexity index is 367. The van der Waals surface area contributed by atoms with Crippen LogP contribution < -0.4 is 4.74 Å². The Balaban J connectivity index is 2.07. The monoisotopic (exact) mass is 252 g/mol. The first-order valence-corrected chi connectivity index (χ1v) is 7.05. The van der Waals surface area contributed by atoms with Gasteiger partial charge in [-0.05, 0) is 44.1 Å². The summed E-state index contributed by atoms with van der Waals surface area (Å²) in [6.07, 6.45) is 5.31. The van der Waals surface area contributed by atoms with Crippen molar-refractivity contribution >= 4 is 11.6 Å². The summed E-state index contributed by atoms with van der Waals surface area (Å²) < 4.78 is 6.17. The number of alkyl halides is 1. The number of hydrogen-bond donors (Lipinski definition) is 0. The van der Waals surface area contributed by atoms with Crippen LogP contribution in [0.4, 0.5) is 0 Å². The predicted octanol–water partition coefficient (Wildman–Crippen LogP) is 4.69. The van der Waals surface area contributed by atoms with E-state index in [-0.39, 0.29) is 0 Å². The highest BCUT2D eigenvalue weighted by Gasteiger charge is 2.20. The fraction of sp³-hybridized carbons (Fsp3) is 0.600. The van der Waals surface area contributed by atoms with E-state index in [2.05, 4.69) is 26.0 Å². The first-order valence-electron chi connectivity index (χ1n) is 6.52. The molecule has 0 bridgehead atoms. The van der Waals surface area contributed by atoms with Crippen LogP contribution in [0.15, 0.2) is 18.2 Å².